The molecule has 27 heavy (non-hydrogen) atoms. The lowest BCUT2D eigenvalue weighted by atomic mass is 9.95. The molecule has 144 valence electrons. The molecule has 0 atom stereocenters. The molecule has 1 aromatic heterocycles. The van der Waals surface area contributed by atoms with Gasteiger partial charge in [-0.15, -0.1) is 0 Å². The Morgan fingerprint density at radius 2 is 1.89 bits per heavy atom. The molecule has 3 rings (SSSR count). The maximum Gasteiger partial charge on any atom is 0.223 e. The fourth-order valence-corrected chi connectivity index (χ4v) is 3.59. The van der Waals surface area contributed by atoms with Crippen molar-refractivity contribution in [2.45, 2.75) is 46.6 Å². The van der Waals surface area contributed by atoms with Gasteiger partial charge < -0.3 is 15.5 Å². The summed E-state index contributed by atoms with van der Waals surface area (Å²) in [5, 5.41) is 6.87. The summed E-state index contributed by atoms with van der Waals surface area (Å²) in [6.45, 7) is 9.21. The Hall–Kier alpha value is -2.63. The van der Waals surface area contributed by atoms with Gasteiger partial charge in [0.25, 0.3) is 0 Å². The fraction of sp³-hybridized carbons (Fsp3) is 0.476. The standard InChI is InChI=1S/C21H28N4O2/c1-13(2)22-21(27)16-7-9-25(10-8-16)20-11-14(3)18-12-17(23-15(4)26)5-6-19(18)24-20/h5-6,11-13,16H,7-10H2,1-4H3,(H,22,27)(H,23,26). The van der Waals surface area contributed by atoms with Gasteiger partial charge in [0, 0.05) is 43.0 Å². The summed E-state index contributed by atoms with van der Waals surface area (Å²) in [6, 6.07) is 8.06. The third-order valence-electron chi connectivity index (χ3n) is 4.94. The number of piperidine rings is 1. The minimum absolute atomic E-state index is 0.0824. The van der Waals surface area contributed by atoms with Crippen molar-refractivity contribution in [2.75, 3.05) is 23.3 Å². The number of hydrogen-bond acceptors (Lipinski definition) is 4. The number of amides is 2. The third kappa shape index (κ3) is 4.56. The van der Waals surface area contributed by atoms with E-state index in [1.165, 1.54) is 6.92 Å². The lowest BCUT2D eigenvalue weighted by Crippen LogP contribution is -2.42. The van der Waals surface area contributed by atoms with Gasteiger partial charge in [0.2, 0.25) is 11.8 Å². The molecular weight excluding hydrogens is 340 g/mol. The Morgan fingerprint density at radius 1 is 1.19 bits per heavy atom. The van der Waals surface area contributed by atoms with Crippen LogP contribution in [0.2, 0.25) is 0 Å². The predicted octanol–water partition coefficient (Wildman–Crippen LogP) is 3.24. The highest BCUT2D eigenvalue weighted by atomic mass is 16.2. The molecule has 2 amide bonds. The van der Waals surface area contributed by atoms with Crippen LogP contribution < -0.4 is 15.5 Å². The van der Waals surface area contributed by atoms with E-state index in [1.807, 2.05) is 32.0 Å². The van der Waals surface area contributed by atoms with Gasteiger partial charge in [-0.2, -0.15) is 0 Å². The Morgan fingerprint density at radius 3 is 2.52 bits per heavy atom. The summed E-state index contributed by atoms with van der Waals surface area (Å²) in [6.07, 6.45) is 1.69. The molecule has 6 nitrogen and oxygen atoms in total. The molecular formula is C21H28N4O2. The van der Waals surface area contributed by atoms with E-state index in [4.69, 9.17) is 4.98 Å². The zero-order valence-electron chi connectivity index (χ0n) is 16.5. The Labute approximate surface area is 160 Å². The van der Waals surface area contributed by atoms with E-state index in [-0.39, 0.29) is 23.8 Å². The normalized spacial score (nSPS) is 15.2. The summed E-state index contributed by atoms with van der Waals surface area (Å²) in [5.74, 6) is 1.12. The van der Waals surface area contributed by atoms with Crippen LogP contribution in [0, 0.1) is 12.8 Å². The van der Waals surface area contributed by atoms with Crippen molar-refractivity contribution in [1.29, 1.82) is 0 Å². The van der Waals surface area contributed by atoms with Gasteiger partial charge in [-0.3, -0.25) is 9.59 Å². The molecule has 2 heterocycles. The number of anilines is 2. The molecule has 0 radical (unpaired) electrons. The first-order chi connectivity index (χ1) is 12.8. The van der Waals surface area contributed by atoms with Crippen LogP contribution in [0.25, 0.3) is 10.9 Å². The van der Waals surface area contributed by atoms with Crippen LogP contribution in [0.3, 0.4) is 0 Å². The molecule has 2 aromatic rings. The highest BCUT2D eigenvalue weighted by molar-refractivity contribution is 5.93. The number of hydrogen-bond donors (Lipinski definition) is 2. The third-order valence-corrected chi connectivity index (χ3v) is 4.94. The van der Waals surface area contributed by atoms with Crippen molar-refractivity contribution in [2.24, 2.45) is 5.92 Å². The Bertz CT molecular complexity index is 855. The summed E-state index contributed by atoms with van der Waals surface area (Å²) >= 11 is 0. The number of carbonyl (C=O) groups excluding carboxylic acids is 2. The number of nitrogens with zero attached hydrogens (tertiary/aromatic N) is 2. The number of pyridine rings is 1. The maximum atomic E-state index is 12.2. The zero-order chi connectivity index (χ0) is 19.6. The van der Waals surface area contributed by atoms with Crippen LogP contribution in [-0.2, 0) is 9.59 Å². The van der Waals surface area contributed by atoms with Crippen LogP contribution in [0.5, 0.6) is 0 Å². The maximum absolute atomic E-state index is 12.2. The molecule has 6 heteroatoms. The summed E-state index contributed by atoms with van der Waals surface area (Å²) in [4.78, 5) is 30.5. The first kappa shape index (κ1) is 19.1. The number of aryl methyl sites for hydroxylation is 1. The highest BCUT2D eigenvalue weighted by Crippen LogP contribution is 2.28. The second-order valence-electron chi connectivity index (χ2n) is 7.64. The average Bonchev–Trinajstić information content (AvgIpc) is 2.61. The monoisotopic (exact) mass is 368 g/mol. The SMILES string of the molecule is CC(=O)Nc1ccc2nc(N3CCC(C(=O)NC(C)C)CC3)cc(C)c2c1. The summed E-state index contributed by atoms with van der Waals surface area (Å²) in [7, 11) is 0. The van der Waals surface area contributed by atoms with Gasteiger partial charge in [-0.1, -0.05) is 0 Å². The van der Waals surface area contributed by atoms with E-state index < -0.39 is 0 Å². The van der Waals surface area contributed by atoms with Crippen LogP contribution in [0.1, 0.15) is 39.2 Å². The quantitative estimate of drug-likeness (QED) is 0.869. The van der Waals surface area contributed by atoms with Gasteiger partial charge in [0.15, 0.2) is 0 Å². The van der Waals surface area contributed by atoms with Gasteiger partial charge in [-0.05, 0) is 63.4 Å². The molecule has 1 fully saturated rings. The molecule has 1 saturated heterocycles. The molecule has 1 aliphatic rings. The lowest BCUT2D eigenvalue weighted by molar-refractivity contribution is -0.126. The van der Waals surface area contributed by atoms with Gasteiger partial charge in [0.05, 0.1) is 5.52 Å². The lowest BCUT2D eigenvalue weighted by Gasteiger charge is -2.32. The second-order valence-corrected chi connectivity index (χ2v) is 7.64. The number of rotatable bonds is 4. The summed E-state index contributed by atoms with van der Waals surface area (Å²) in [5.41, 5.74) is 2.82. The Kier molecular flexibility index (Phi) is 5.63. The van der Waals surface area contributed by atoms with Crippen molar-refractivity contribution in [3.05, 3.63) is 29.8 Å². The molecule has 1 aromatic carbocycles. The van der Waals surface area contributed by atoms with Crippen LogP contribution in [-0.4, -0.2) is 35.9 Å². The van der Waals surface area contributed by atoms with E-state index >= 15 is 0 Å². The zero-order valence-corrected chi connectivity index (χ0v) is 16.5. The number of carbonyl (C=O) groups is 2. The molecule has 0 unspecified atom stereocenters. The van der Waals surface area contributed by atoms with E-state index in [0.29, 0.717) is 0 Å². The van der Waals surface area contributed by atoms with Crippen LogP contribution >= 0.6 is 0 Å². The second kappa shape index (κ2) is 7.94. The van der Waals surface area contributed by atoms with Crippen molar-refractivity contribution in [3.63, 3.8) is 0 Å². The minimum Gasteiger partial charge on any atom is -0.357 e. The van der Waals surface area contributed by atoms with Crippen LogP contribution in [0.4, 0.5) is 11.5 Å². The van der Waals surface area contributed by atoms with Crippen molar-refractivity contribution < 1.29 is 9.59 Å². The van der Waals surface area contributed by atoms with Crippen molar-refractivity contribution in [1.82, 2.24) is 10.3 Å². The molecule has 0 spiro atoms. The number of benzene rings is 1. The van der Waals surface area contributed by atoms with Crippen molar-refractivity contribution >= 4 is 34.2 Å². The Balaban J connectivity index is 1.74. The average molecular weight is 368 g/mol. The molecule has 1 aliphatic heterocycles. The first-order valence-electron chi connectivity index (χ1n) is 9.58. The number of aromatic nitrogens is 1. The number of nitrogens with one attached hydrogen (secondary N) is 2. The summed E-state index contributed by atoms with van der Waals surface area (Å²) < 4.78 is 0. The van der Waals surface area contributed by atoms with E-state index in [2.05, 4.69) is 28.5 Å². The van der Waals surface area contributed by atoms with E-state index in [0.717, 1.165) is 53.9 Å². The topological polar surface area (TPSA) is 74.3 Å². The molecule has 0 aliphatic carbocycles. The molecule has 0 bridgehead atoms. The van der Waals surface area contributed by atoms with Crippen molar-refractivity contribution in [3.8, 4) is 0 Å². The van der Waals surface area contributed by atoms with Gasteiger partial charge in [-0.25, -0.2) is 4.98 Å². The minimum atomic E-state index is -0.0824. The number of fused-ring (bicyclic) bond motifs is 1. The van der Waals surface area contributed by atoms with E-state index in [1.54, 1.807) is 0 Å². The van der Waals surface area contributed by atoms with Crippen LogP contribution in [0.15, 0.2) is 24.3 Å². The van der Waals surface area contributed by atoms with Gasteiger partial charge in [0.1, 0.15) is 5.82 Å². The molecule has 2 N–H and O–H groups in total. The first-order valence-corrected chi connectivity index (χ1v) is 9.58. The van der Waals surface area contributed by atoms with E-state index in [9.17, 15) is 9.59 Å². The molecule has 0 saturated carbocycles. The fourth-order valence-electron chi connectivity index (χ4n) is 3.59. The highest BCUT2D eigenvalue weighted by Gasteiger charge is 2.26. The van der Waals surface area contributed by atoms with Gasteiger partial charge >= 0.3 is 0 Å². The smallest absolute Gasteiger partial charge is 0.223 e. The predicted molar refractivity (Wildman–Crippen MR) is 109 cm³/mol. The largest absolute Gasteiger partial charge is 0.357 e.